The van der Waals surface area contributed by atoms with Crippen molar-refractivity contribution < 1.29 is 40.2 Å². The highest BCUT2D eigenvalue weighted by Crippen LogP contribution is 2.31. The van der Waals surface area contributed by atoms with E-state index >= 15 is 0 Å². The van der Waals surface area contributed by atoms with Gasteiger partial charge in [0.2, 0.25) is 16.0 Å². The van der Waals surface area contributed by atoms with Crippen LogP contribution in [0.1, 0.15) is 39.0 Å². The fraction of sp³-hybridized carbons (Fsp3) is 0.600. The van der Waals surface area contributed by atoms with Crippen LogP contribution < -0.4 is 10.6 Å². The molecular formula is C25H32F4N6O5S. The number of halogens is 4. The van der Waals surface area contributed by atoms with Gasteiger partial charge >= 0.3 is 12.1 Å². The first-order valence-electron chi connectivity index (χ1n) is 13.3. The molecule has 2 aromatic heterocycles. The summed E-state index contributed by atoms with van der Waals surface area (Å²) >= 11 is 0. The van der Waals surface area contributed by atoms with Crippen molar-refractivity contribution >= 4 is 27.8 Å². The maximum Gasteiger partial charge on any atom is 0.490 e. The van der Waals surface area contributed by atoms with Crippen LogP contribution in [0.3, 0.4) is 0 Å². The minimum atomic E-state index is -5.05. The van der Waals surface area contributed by atoms with Crippen LogP contribution in [0.15, 0.2) is 29.4 Å². The minimum absolute atomic E-state index is 0.00266. The molecule has 1 saturated heterocycles. The Balaban J connectivity index is 1.51. The molecule has 1 saturated carbocycles. The van der Waals surface area contributed by atoms with E-state index < -0.39 is 34.4 Å². The van der Waals surface area contributed by atoms with Gasteiger partial charge in [-0.3, -0.25) is 4.98 Å². The summed E-state index contributed by atoms with van der Waals surface area (Å²) in [5, 5.41) is 6.11. The molecule has 2 fully saturated rings. The van der Waals surface area contributed by atoms with Gasteiger partial charge < -0.3 is 20.1 Å². The summed E-state index contributed by atoms with van der Waals surface area (Å²) in [5.41, 5.74) is 0.827. The molecule has 2 aromatic rings. The number of anilines is 2. The monoisotopic (exact) mass is 604 g/mol. The molecule has 0 radical (unpaired) electrons. The van der Waals surface area contributed by atoms with Gasteiger partial charge in [0.05, 0.1) is 24.5 Å². The summed E-state index contributed by atoms with van der Waals surface area (Å²) in [5.74, 6) is -1.71. The molecule has 226 valence electrons. The van der Waals surface area contributed by atoms with Crippen LogP contribution in [0.2, 0.25) is 0 Å². The van der Waals surface area contributed by atoms with Crippen LogP contribution >= 0.6 is 0 Å². The molecule has 3 heterocycles. The highest BCUT2D eigenvalue weighted by Gasteiger charge is 2.42. The van der Waals surface area contributed by atoms with Crippen LogP contribution in [-0.2, 0) is 24.3 Å². The third kappa shape index (κ3) is 8.01. The molecule has 11 nitrogen and oxygen atoms in total. The summed E-state index contributed by atoms with van der Waals surface area (Å²) in [7, 11) is -3.75. The number of esters is 1. The van der Waals surface area contributed by atoms with Gasteiger partial charge in [-0.25, -0.2) is 22.6 Å². The molecule has 2 aliphatic rings. The molecule has 16 heteroatoms. The van der Waals surface area contributed by atoms with Crippen molar-refractivity contribution in [2.75, 3.05) is 43.5 Å². The first-order valence-corrected chi connectivity index (χ1v) is 14.7. The highest BCUT2D eigenvalue weighted by atomic mass is 32.2. The van der Waals surface area contributed by atoms with Gasteiger partial charge in [-0.1, -0.05) is 6.92 Å². The second-order valence-electron chi connectivity index (χ2n) is 9.76. The van der Waals surface area contributed by atoms with E-state index in [0.717, 1.165) is 0 Å². The van der Waals surface area contributed by atoms with Crippen LogP contribution in [0.5, 0.6) is 0 Å². The topological polar surface area (TPSA) is 136 Å². The number of hydrogen-bond acceptors (Lipinski definition) is 10. The number of hydrogen-bond donors (Lipinski definition) is 2. The van der Waals surface area contributed by atoms with E-state index in [0.29, 0.717) is 49.6 Å². The zero-order chi connectivity index (χ0) is 29.6. The van der Waals surface area contributed by atoms with Crippen molar-refractivity contribution in [1.29, 1.82) is 0 Å². The normalized spacial score (nSPS) is 21.2. The molecule has 1 atom stereocenters. The molecule has 2 N–H and O–H groups in total. The third-order valence-electron chi connectivity index (χ3n) is 6.85. The van der Waals surface area contributed by atoms with Gasteiger partial charge in [-0.15, -0.1) is 0 Å². The lowest BCUT2D eigenvalue weighted by atomic mass is 9.92. The molecular weight excluding hydrogens is 572 g/mol. The van der Waals surface area contributed by atoms with Gasteiger partial charge in [0.25, 0.3) is 0 Å². The number of carbonyl (C=O) groups is 1. The maximum absolute atomic E-state index is 13.8. The zero-order valence-corrected chi connectivity index (χ0v) is 23.2. The predicted octanol–water partition coefficient (Wildman–Crippen LogP) is 3.55. The van der Waals surface area contributed by atoms with Crippen LogP contribution in [0.25, 0.3) is 11.3 Å². The number of alkyl halides is 4. The number of ether oxygens (including phenoxy) is 2. The summed E-state index contributed by atoms with van der Waals surface area (Å²) in [6.07, 6.45) is -2.72. The Morgan fingerprint density at radius 2 is 1.85 bits per heavy atom. The van der Waals surface area contributed by atoms with Gasteiger partial charge in [0, 0.05) is 38.1 Å². The molecule has 0 unspecified atom stereocenters. The van der Waals surface area contributed by atoms with Crippen molar-refractivity contribution in [3.8, 4) is 11.3 Å². The van der Waals surface area contributed by atoms with Crippen molar-refractivity contribution in [3.63, 3.8) is 0 Å². The second-order valence-corrected chi connectivity index (χ2v) is 11.7. The summed E-state index contributed by atoms with van der Waals surface area (Å²) in [4.78, 5) is 24.3. The zero-order valence-electron chi connectivity index (χ0n) is 22.4. The van der Waals surface area contributed by atoms with E-state index in [1.54, 1.807) is 6.92 Å². The smallest absolute Gasteiger partial charge is 0.456 e. The Hall–Kier alpha value is -3.11. The number of carbonyl (C=O) groups excluding carboxylic acids is 1. The minimum Gasteiger partial charge on any atom is -0.456 e. The second kappa shape index (κ2) is 13.2. The van der Waals surface area contributed by atoms with E-state index in [-0.39, 0.29) is 49.4 Å². The lowest BCUT2D eigenvalue weighted by molar-refractivity contribution is -0.206. The van der Waals surface area contributed by atoms with Gasteiger partial charge in [0.1, 0.15) is 23.0 Å². The van der Waals surface area contributed by atoms with Crippen molar-refractivity contribution in [3.05, 3.63) is 24.5 Å². The number of rotatable bonds is 10. The number of nitrogens with zero attached hydrogens (tertiary/aromatic N) is 4. The largest absolute Gasteiger partial charge is 0.490 e. The van der Waals surface area contributed by atoms with Crippen LogP contribution in [0, 0.1) is 0 Å². The van der Waals surface area contributed by atoms with Crippen molar-refractivity contribution in [2.45, 2.75) is 68.4 Å². The number of sulfonamides is 1. The highest BCUT2D eigenvalue weighted by molar-refractivity contribution is 7.89. The van der Waals surface area contributed by atoms with Crippen molar-refractivity contribution in [1.82, 2.24) is 19.3 Å². The van der Waals surface area contributed by atoms with E-state index in [9.17, 15) is 30.8 Å². The standard InChI is InChI=1S/C25H32F4N6O5S/c1-2-16(26)13-31-24-32-15-20(21-8-7-19(14-30-21)41(37,38)35-9-11-39-12-10-35)22(34-24)33-17-3-5-18(6-4-17)40-23(36)25(27,28)29/h7-8,14-18H,2-6,9-13H2,1H3,(H2,31,32,33,34)/t16-,17?,18?/m0/s1. The van der Waals surface area contributed by atoms with Crippen LogP contribution in [-0.4, -0.2) is 91.0 Å². The number of aromatic nitrogens is 3. The number of pyridine rings is 1. The Bertz CT molecular complexity index is 1280. The van der Waals surface area contributed by atoms with Crippen molar-refractivity contribution in [2.24, 2.45) is 0 Å². The fourth-order valence-electron chi connectivity index (χ4n) is 4.48. The quantitative estimate of drug-likeness (QED) is 0.306. The van der Waals surface area contributed by atoms with Gasteiger partial charge in [0.15, 0.2) is 0 Å². The molecule has 0 spiro atoms. The Labute approximate surface area is 235 Å². The molecule has 41 heavy (non-hydrogen) atoms. The summed E-state index contributed by atoms with van der Waals surface area (Å²) in [6, 6.07) is 2.76. The molecule has 0 aromatic carbocycles. The van der Waals surface area contributed by atoms with Gasteiger partial charge in [-0.05, 0) is 44.2 Å². The molecule has 1 aliphatic carbocycles. The predicted molar refractivity (Wildman–Crippen MR) is 140 cm³/mol. The Morgan fingerprint density at radius 1 is 1.15 bits per heavy atom. The first-order chi connectivity index (χ1) is 19.5. The number of morpholine rings is 1. The average molecular weight is 605 g/mol. The third-order valence-corrected chi connectivity index (χ3v) is 8.74. The van der Waals surface area contributed by atoms with E-state index in [2.05, 4.69) is 30.3 Å². The average Bonchev–Trinajstić information content (AvgIpc) is 2.97. The van der Waals surface area contributed by atoms with E-state index in [1.165, 1.54) is 28.8 Å². The summed E-state index contributed by atoms with van der Waals surface area (Å²) < 4.78 is 88.5. The summed E-state index contributed by atoms with van der Waals surface area (Å²) in [6.45, 7) is 2.82. The Kier molecular flexibility index (Phi) is 9.96. The number of nitrogens with one attached hydrogen (secondary N) is 2. The van der Waals surface area contributed by atoms with Gasteiger partial charge in [-0.2, -0.15) is 22.5 Å². The lowest BCUT2D eigenvalue weighted by Gasteiger charge is -2.30. The molecule has 4 rings (SSSR count). The lowest BCUT2D eigenvalue weighted by Crippen LogP contribution is -2.40. The van der Waals surface area contributed by atoms with E-state index in [4.69, 9.17) is 4.74 Å². The van der Waals surface area contributed by atoms with E-state index in [1.807, 2.05) is 0 Å². The fourth-order valence-corrected chi connectivity index (χ4v) is 5.83. The molecule has 0 bridgehead atoms. The first kappa shape index (κ1) is 30.8. The molecule has 0 amide bonds. The molecule has 1 aliphatic heterocycles. The van der Waals surface area contributed by atoms with Crippen LogP contribution in [0.4, 0.5) is 29.3 Å². The SMILES string of the molecule is CC[C@H](F)CNc1ncc(-c2ccc(S(=O)(=O)N3CCOCC3)cn2)c(NC2CCC(OC(=O)C(F)(F)F)CC2)n1. The Morgan fingerprint density at radius 3 is 2.46 bits per heavy atom. The maximum atomic E-state index is 13.8.